The van der Waals surface area contributed by atoms with Crippen LogP contribution in [0, 0.1) is 0 Å². The fourth-order valence-electron chi connectivity index (χ4n) is 2.93. The average Bonchev–Trinajstić information content (AvgIpc) is 3.28. The average molecular weight is 328 g/mol. The highest BCUT2D eigenvalue weighted by molar-refractivity contribution is 5.89. The van der Waals surface area contributed by atoms with Gasteiger partial charge in [0.15, 0.2) is 0 Å². The molecule has 1 aliphatic carbocycles. The van der Waals surface area contributed by atoms with Gasteiger partial charge in [-0.25, -0.2) is 9.78 Å². The lowest BCUT2D eigenvalue weighted by Crippen LogP contribution is -2.30. The summed E-state index contributed by atoms with van der Waals surface area (Å²) in [6, 6.07) is 7.45. The number of amides is 2. The molecule has 1 aliphatic rings. The van der Waals surface area contributed by atoms with E-state index < -0.39 is 0 Å². The standard InChI is InChI=1S/C18H24N4O2/c23-18(20-9-4-10-24-16-7-1-2-8-16)22-15-6-3-5-14(11-15)17-12-19-13-21-17/h3,5-6,11-13,16H,1-2,4,7-10H2,(H,19,21)(H2,20,22,23). The van der Waals surface area contributed by atoms with Crippen molar-refractivity contribution in [3.8, 4) is 11.3 Å². The first-order valence-electron chi connectivity index (χ1n) is 8.56. The third-order valence-corrected chi connectivity index (χ3v) is 4.19. The van der Waals surface area contributed by atoms with E-state index in [1.54, 1.807) is 12.5 Å². The van der Waals surface area contributed by atoms with Crippen molar-refractivity contribution in [2.24, 2.45) is 0 Å². The minimum absolute atomic E-state index is 0.197. The van der Waals surface area contributed by atoms with E-state index in [2.05, 4.69) is 20.6 Å². The Morgan fingerprint density at radius 1 is 1.33 bits per heavy atom. The van der Waals surface area contributed by atoms with Crippen molar-refractivity contribution in [3.63, 3.8) is 0 Å². The fraction of sp³-hybridized carbons (Fsp3) is 0.444. The quantitative estimate of drug-likeness (QED) is 0.680. The van der Waals surface area contributed by atoms with Crippen molar-refractivity contribution in [1.29, 1.82) is 0 Å². The molecule has 0 saturated heterocycles. The van der Waals surface area contributed by atoms with Gasteiger partial charge < -0.3 is 20.4 Å². The molecule has 0 atom stereocenters. The Morgan fingerprint density at radius 2 is 2.21 bits per heavy atom. The highest BCUT2D eigenvalue weighted by Crippen LogP contribution is 2.21. The minimum atomic E-state index is -0.197. The molecule has 2 aromatic rings. The molecule has 24 heavy (non-hydrogen) atoms. The second kappa shape index (κ2) is 8.49. The molecular weight excluding hydrogens is 304 g/mol. The van der Waals surface area contributed by atoms with Crippen LogP contribution in [-0.4, -0.2) is 35.3 Å². The third-order valence-electron chi connectivity index (χ3n) is 4.19. The number of nitrogens with zero attached hydrogens (tertiary/aromatic N) is 1. The van der Waals surface area contributed by atoms with Crippen LogP contribution in [0.4, 0.5) is 10.5 Å². The number of anilines is 1. The summed E-state index contributed by atoms with van der Waals surface area (Å²) in [5.74, 6) is 0. The number of H-pyrrole nitrogens is 1. The van der Waals surface area contributed by atoms with Gasteiger partial charge in [-0.2, -0.15) is 0 Å². The van der Waals surface area contributed by atoms with E-state index in [0.717, 1.165) is 23.4 Å². The van der Waals surface area contributed by atoms with Crippen LogP contribution >= 0.6 is 0 Å². The maximum Gasteiger partial charge on any atom is 0.319 e. The largest absolute Gasteiger partial charge is 0.378 e. The molecule has 0 radical (unpaired) electrons. The summed E-state index contributed by atoms with van der Waals surface area (Å²) < 4.78 is 5.78. The van der Waals surface area contributed by atoms with Crippen molar-refractivity contribution in [3.05, 3.63) is 36.8 Å². The van der Waals surface area contributed by atoms with Crippen molar-refractivity contribution in [2.75, 3.05) is 18.5 Å². The molecule has 1 fully saturated rings. The van der Waals surface area contributed by atoms with Gasteiger partial charge >= 0.3 is 6.03 Å². The van der Waals surface area contributed by atoms with Crippen molar-refractivity contribution < 1.29 is 9.53 Å². The molecule has 0 unspecified atom stereocenters. The molecular formula is C18H24N4O2. The van der Waals surface area contributed by atoms with E-state index in [0.29, 0.717) is 19.3 Å². The first kappa shape index (κ1) is 16.5. The number of aromatic amines is 1. The summed E-state index contributed by atoms with van der Waals surface area (Å²) in [5, 5.41) is 5.71. The molecule has 3 rings (SSSR count). The second-order valence-corrected chi connectivity index (χ2v) is 6.06. The predicted octanol–water partition coefficient (Wildman–Crippen LogP) is 3.55. The number of hydrogen-bond acceptors (Lipinski definition) is 3. The van der Waals surface area contributed by atoms with E-state index in [1.165, 1.54) is 25.7 Å². The lowest BCUT2D eigenvalue weighted by atomic mass is 10.1. The maximum absolute atomic E-state index is 11.9. The molecule has 3 N–H and O–H groups in total. The number of carbonyl (C=O) groups excluding carboxylic acids is 1. The Hall–Kier alpha value is -2.34. The minimum Gasteiger partial charge on any atom is -0.378 e. The zero-order valence-electron chi connectivity index (χ0n) is 13.8. The van der Waals surface area contributed by atoms with Crippen LogP contribution in [-0.2, 0) is 4.74 Å². The van der Waals surface area contributed by atoms with Crippen molar-refractivity contribution >= 4 is 11.7 Å². The van der Waals surface area contributed by atoms with Crippen LogP contribution in [0.15, 0.2) is 36.8 Å². The van der Waals surface area contributed by atoms with E-state index in [4.69, 9.17) is 4.74 Å². The fourth-order valence-corrected chi connectivity index (χ4v) is 2.93. The molecule has 6 heteroatoms. The van der Waals surface area contributed by atoms with Crippen LogP contribution in [0.25, 0.3) is 11.3 Å². The summed E-state index contributed by atoms with van der Waals surface area (Å²) >= 11 is 0. The highest BCUT2D eigenvalue weighted by Gasteiger charge is 2.14. The molecule has 0 spiro atoms. The molecule has 128 valence electrons. The summed E-state index contributed by atoms with van der Waals surface area (Å²) in [6.45, 7) is 1.32. The molecule has 1 aromatic heterocycles. The Kier molecular flexibility index (Phi) is 5.85. The first-order valence-corrected chi connectivity index (χ1v) is 8.56. The lowest BCUT2D eigenvalue weighted by molar-refractivity contribution is 0.0572. The number of aromatic nitrogens is 2. The number of imidazole rings is 1. The van der Waals surface area contributed by atoms with Crippen LogP contribution < -0.4 is 10.6 Å². The zero-order chi connectivity index (χ0) is 16.6. The van der Waals surface area contributed by atoms with Crippen LogP contribution in [0.5, 0.6) is 0 Å². The predicted molar refractivity (Wildman–Crippen MR) is 93.9 cm³/mol. The van der Waals surface area contributed by atoms with Gasteiger partial charge in [-0.15, -0.1) is 0 Å². The maximum atomic E-state index is 11.9. The van der Waals surface area contributed by atoms with E-state index in [-0.39, 0.29) is 6.03 Å². The SMILES string of the molecule is O=C(NCCCOC1CCCC1)Nc1cccc(-c2cnc[nH]2)c1. The Morgan fingerprint density at radius 3 is 3.00 bits per heavy atom. The molecule has 1 saturated carbocycles. The van der Waals surface area contributed by atoms with Crippen molar-refractivity contribution in [2.45, 2.75) is 38.2 Å². The molecule has 0 bridgehead atoms. The second-order valence-electron chi connectivity index (χ2n) is 6.06. The van der Waals surface area contributed by atoms with Gasteiger partial charge in [0.2, 0.25) is 0 Å². The molecule has 2 amide bonds. The van der Waals surface area contributed by atoms with Crippen LogP contribution in [0.2, 0.25) is 0 Å². The van der Waals surface area contributed by atoms with E-state index in [9.17, 15) is 4.79 Å². The summed E-state index contributed by atoms with van der Waals surface area (Å²) in [4.78, 5) is 19.0. The van der Waals surface area contributed by atoms with Gasteiger partial charge in [0, 0.05) is 24.4 Å². The van der Waals surface area contributed by atoms with Crippen LogP contribution in [0.1, 0.15) is 32.1 Å². The smallest absolute Gasteiger partial charge is 0.319 e. The Bertz CT molecular complexity index is 636. The molecule has 1 aromatic carbocycles. The molecule has 1 heterocycles. The monoisotopic (exact) mass is 328 g/mol. The van der Waals surface area contributed by atoms with Gasteiger partial charge in [0.25, 0.3) is 0 Å². The number of urea groups is 1. The van der Waals surface area contributed by atoms with Gasteiger partial charge in [0.1, 0.15) is 0 Å². The third kappa shape index (κ3) is 4.83. The normalized spacial score (nSPS) is 14.7. The number of benzene rings is 1. The van der Waals surface area contributed by atoms with E-state index >= 15 is 0 Å². The van der Waals surface area contributed by atoms with Gasteiger partial charge in [-0.1, -0.05) is 25.0 Å². The van der Waals surface area contributed by atoms with Crippen molar-refractivity contribution in [1.82, 2.24) is 15.3 Å². The van der Waals surface area contributed by atoms with Gasteiger partial charge in [0.05, 0.1) is 24.3 Å². The highest BCUT2D eigenvalue weighted by atomic mass is 16.5. The number of nitrogens with one attached hydrogen (secondary N) is 3. The zero-order valence-corrected chi connectivity index (χ0v) is 13.8. The molecule has 0 aliphatic heterocycles. The van der Waals surface area contributed by atoms with Gasteiger partial charge in [-0.3, -0.25) is 0 Å². The van der Waals surface area contributed by atoms with Crippen LogP contribution in [0.3, 0.4) is 0 Å². The Balaban J connectivity index is 1.38. The summed E-state index contributed by atoms with van der Waals surface area (Å²) in [7, 11) is 0. The van der Waals surface area contributed by atoms with Gasteiger partial charge in [-0.05, 0) is 31.4 Å². The molecule has 6 nitrogen and oxygen atoms in total. The van der Waals surface area contributed by atoms with E-state index in [1.807, 2.05) is 24.3 Å². The number of rotatable bonds is 7. The number of ether oxygens (including phenoxy) is 1. The lowest BCUT2D eigenvalue weighted by Gasteiger charge is -2.11. The number of hydrogen-bond donors (Lipinski definition) is 3. The Labute approximate surface area is 142 Å². The topological polar surface area (TPSA) is 79.0 Å². The summed E-state index contributed by atoms with van der Waals surface area (Å²) in [6.07, 6.45) is 9.58. The summed E-state index contributed by atoms with van der Waals surface area (Å²) in [5.41, 5.74) is 2.65. The first-order chi connectivity index (χ1) is 11.8. The number of carbonyl (C=O) groups is 1.